The normalized spacial score (nSPS) is 12.8. The molecule has 0 saturated heterocycles. The highest BCUT2D eigenvalue weighted by atomic mass is 32.2. The summed E-state index contributed by atoms with van der Waals surface area (Å²) >= 11 is 0. The van der Waals surface area contributed by atoms with Crippen LogP contribution >= 0.6 is 0 Å². The minimum Gasteiger partial charge on any atom is -0.286 e. The van der Waals surface area contributed by atoms with Gasteiger partial charge in [0, 0.05) is 0 Å². The third-order valence-corrected chi connectivity index (χ3v) is 10.3. The van der Waals surface area contributed by atoms with Crippen molar-refractivity contribution in [2.45, 2.75) is 194 Å². The second-order valence-electron chi connectivity index (χ2n) is 12.9. The predicted octanol–water partition coefficient (Wildman–Crippen LogP) is 10.7. The van der Waals surface area contributed by atoms with Gasteiger partial charge in [0.1, 0.15) is 0 Å². The molecule has 0 atom stereocenters. The molecule has 0 aromatic rings. The summed E-state index contributed by atoms with van der Waals surface area (Å²) in [6.45, 7) is 4.49. The molecule has 0 saturated carbocycles. The minimum absolute atomic E-state index is 0.247. The van der Waals surface area contributed by atoms with E-state index in [1.54, 1.807) is 0 Å². The Bertz CT molecular complexity index is 714. The van der Waals surface area contributed by atoms with E-state index < -0.39 is 25.7 Å². The lowest BCUT2D eigenvalue weighted by molar-refractivity contribution is 0.201. The van der Waals surface area contributed by atoms with Crippen molar-refractivity contribution < 1.29 is 25.9 Å². The van der Waals surface area contributed by atoms with Crippen LogP contribution in [0.4, 0.5) is 0 Å². The van der Waals surface area contributed by atoms with Crippen LogP contribution in [0.1, 0.15) is 194 Å². The van der Waals surface area contributed by atoms with Crippen LogP contribution in [0, 0.1) is 5.41 Å². The molecule has 0 aliphatic carbocycles. The van der Waals surface area contributed by atoms with Crippen LogP contribution in [0.15, 0.2) is 0 Å². The highest BCUT2D eigenvalue weighted by molar-refractivity contribution is 7.86. The number of rotatable bonds is 32. The van der Waals surface area contributed by atoms with Gasteiger partial charge < -0.3 is 0 Å². The predicted molar refractivity (Wildman–Crippen MR) is 176 cm³/mol. The maximum absolute atomic E-state index is 11.6. The lowest BCUT2D eigenvalue weighted by Crippen LogP contribution is -2.28. The summed E-state index contributed by atoms with van der Waals surface area (Å²) in [4.78, 5) is 0. The van der Waals surface area contributed by atoms with Crippen LogP contribution in [0.25, 0.3) is 0 Å². The number of unbranched alkanes of at least 4 members (excludes halogenated alkanes) is 22. The average molecular weight is 625 g/mol. The second-order valence-corrected chi connectivity index (χ2v) is 16.0. The zero-order chi connectivity index (χ0) is 30.7. The van der Waals surface area contributed by atoms with Crippen molar-refractivity contribution in [2.75, 3.05) is 11.5 Å². The summed E-state index contributed by atoms with van der Waals surface area (Å²) < 4.78 is 65.4. The lowest BCUT2D eigenvalue weighted by atomic mass is 9.73. The van der Waals surface area contributed by atoms with Gasteiger partial charge in [-0.3, -0.25) is 9.11 Å². The first-order valence-corrected chi connectivity index (χ1v) is 20.7. The molecule has 0 rings (SSSR count). The maximum atomic E-state index is 11.6. The van der Waals surface area contributed by atoms with Gasteiger partial charge in [0.05, 0.1) is 11.5 Å². The van der Waals surface area contributed by atoms with Gasteiger partial charge in [-0.25, -0.2) is 0 Å². The Morgan fingerprint density at radius 2 is 0.585 bits per heavy atom. The topological polar surface area (TPSA) is 109 Å². The van der Waals surface area contributed by atoms with Gasteiger partial charge in [0.25, 0.3) is 20.2 Å². The van der Waals surface area contributed by atoms with Crippen molar-refractivity contribution in [3.63, 3.8) is 0 Å². The Morgan fingerprint density at radius 3 is 0.805 bits per heavy atom. The third-order valence-electron chi connectivity index (χ3n) is 8.90. The van der Waals surface area contributed by atoms with E-state index >= 15 is 0 Å². The van der Waals surface area contributed by atoms with Gasteiger partial charge in [-0.1, -0.05) is 168 Å². The zero-order valence-electron chi connectivity index (χ0n) is 27.1. The van der Waals surface area contributed by atoms with E-state index in [0.717, 1.165) is 51.4 Å². The van der Waals surface area contributed by atoms with Crippen molar-refractivity contribution in [3.05, 3.63) is 0 Å². The van der Waals surface area contributed by atoms with E-state index in [-0.39, 0.29) is 24.3 Å². The van der Waals surface area contributed by atoms with Crippen LogP contribution in [0.2, 0.25) is 0 Å². The van der Waals surface area contributed by atoms with Crippen molar-refractivity contribution in [1.82, 2.24) is 0 Å². The van der Waals surface area contributed by atoms with Crippen molar-refractivity contribution >= 4 is 20.2 Å². The highest BCUT2D eigenvalue weighted by Gasteiger charge is 2.32. The van der Waals surface area contributed by atoms with Gasteiger partial charge in [0.2, 0.25) is 0 Å². The highest BCUT2D eigenvalue weighted by Crippen LogP contribution is 2.40. The van der Waals surface area contributed by atoms with E-state index in [9.17, 15) is 25.9 Å². The molecule has 0 aliphatic heterocycles. The molecule has 0 amide bonds. The minimum atomic E-state index is -4.13. The quantitative estimate of drug-likeness (QED) is 0.0569. The standard InChI is InChI=1S/C33H68O6S2/c1-3-5-7-9-11-13-15-17-19-21-23-25-27-33(29-31-40(34,35)36,30-32-41(37,38)39)28-26-24-22-20-18-16-14-12-10-8-6-4-2/h3-32H2,1-2H3,(H,34,35,36)(H,37,38,39). The van der Waals surface area contributed by atoms with Gasteiger partial charge in [-0.15, -0.1) is 0 Å². The van der Waals surface area contributed by atoms with Gasteiger partial charge in [-0.2, -0.15) is 16.8 Å². The smallest absolute Gasteiger partial charge is 0.264 e. The summed E-state index contributed by atoms with van der Waals surface area (Å²) in [5.74, 6) is -0.704. The molecule has 8 heteroatoms. The molecule has 0 aromatic carbocycles. The lowest BCUT2D eigenvalue weighted by Gasteiger charge is -2.34. The summed E-state index contributed by atoms with van der Waals surface area (Å²) in [5.41, 5.74) is -0.484. The summed E-state index contributed by atoms with van der Waals surface area (Å²) in [6.07, 6.45) is 31.7. The first-order chi connectivity index (χ1) is 19.5. The monoisotopic (exact) mass is 624 g/mol. The molecule has 248 valence electrons. The Labute approximate surface area is 256 Å². The summed E-state index contributed by atoms with van der Waals surface area (Å²) in [6, 6.07) is 0. The van der Waals surface area contributed by atoms with E-state index in [1.807, 2.05) is 0 Å². The maximum Gasteiger partial charge on any atom is 0.264 e. The van der Waals surface area contributed by atoms with E-state index in [4.69, 9.17) is 0 Å². The fraction of sp³-hybridized carbons (Fsp3) is 1.00. The SMILES string of the molecule is CCCCCCCCCCCCCCC(CCCCCCCCCCCCCC)(CCS(=O)(=O)O)CCS(=O)(=O)O. The van der Waals surface area contributed by atoms with Crippen LogP contribution in [0.5, 0.6) is 0 Å². The Morgan fingerprint density at radius 1 is 0.366 bits per heavy atom. The summed E-state index contributed by atoms with van der Waals surface area (Å²) in [7, 11) is -8.27. The van der Waals surface area contributed by atoms with E-state index in [0.29, 0.717) is 0 Å². The largest absolute Gasteiger partial charge is 0.286 e. The molecule has 6 nitrogen and oxygen atoms in total. The molecule has 0 aromatic heterocycles. The zero-order valence-corrected chi connectivity index (χ0v) is 28.7. The van der Waals surface area contributed by atoms with Crippen LogP contribution in [-0.2, 0) is 20.2 Å². The molecule has 0 spiro atoms. The van der Waals surface area contributed by atoms with Crippen molar-refractivity contribution in [1.29, 1.82) is 0 Å². The van der Waals surface area contributed by atoms with E-state index in [1.165, 1.54) is 116 Å². The molecular formula is C33H68O6S2. The molecule has 2 N–H and O–H groups in total. The molecular weight excluding hydrogens is 556 g/mol. The van der Waals surface area contributed by atoms with Gasteiger partial charge >= 0.3 is 0 Å². The number of hydrogen-bond donors (Lipinski definition) is 2. The van der Waals surface area contributed by atoms with Crippen LogP contribution in [-0.4, -0.2) is 37.4 Å². The van der Waals surface area contributed by atoms with Crippen molar-refractivity contribution in [3.8, 4) is 0 Å². The molecule has 0 heterocycles. The van der Waals surface area contributed by atoms with Gasteiger partial charge in [-0.05, 0) is 31.1 Å². The second kappa shape index (κ2) is 26.2. The third kappa shape index (κ3) is 29.7. The molecule has 0 aliphatic rings. The number of hydrogen-bond acceptors (Lipinski definition) is 4. The Kier molecular flexibility index (Phi) is 26.1. The first kappa shape index (κ1) is 40.8. The fourth-order valence-corrected chi connectivity index (χ4v) is 7.50. The van der Waals surface area contributed by atoms with Gasteiger partial charge in [0.15, 0.2) is 0 Å². The first-order valence-electron chi connectivity index (χ1n) is 17.4. The summed E-state index contributed by atoms with van der Waals surface area (Å²) in [5, 5.41) is 0. The molecule has 0 unspecified atom stereocenters. The molecule has 0 fully saturated rings. The van der Waals surface area contributed by atoms with Crippen LogP contribution < -0.4 is 0 Å². The Balaban J connectivity index is 4.58. The average Bonchev–Trinajstić information content (AvgIpc) is 2.91. The Hall–Kier alpha value is -0.180. The fourth-order valence-electron chi connectivity index (χ4n) is 6.12. The van der Waals surface area contributed by atoms with E-state index in [2.05, 4.69) is 13.8 Å². The molecule has 41 heavy (non-hydrogen) atoms. The molecule has 0 bridgehead atoms. The van der Waals surface area contributed by atoms with Crippen molar-refractivity contribution in [2.24, 2.45) is 5.41 Å². The van der Waals surface area contributed by atoms with Crippen LogP contribution in [0.3, 0.4) is 0 Å². The molecule has 0 radical (unpaired) electrons.